The van der Waals surface area contributed by atoms with Crippen LogP contribution in [0.4, 0.5) is 0 Å². The molecule has 3 unspecified atom stereocenters. The molecule has 4 rings (SSSR count). The van der Waals surface area contributed by atoms with Crippen LogP contribution in [0, 0.1) is 11.8 Å². The van der Waals surface area contributed by atoms with E-state index >= 15 is 0 Å². The van der Waals surface area contributed by atoms with Gasteiger partial charge in [0.1, 0.15) is 0 Å². The molecule has 1 aromatic carbocycles. The quantitative estimate of drug-likeness (QED) is 0.711. The van der Waals surface area contributed by atoms with Crippen LogP contribution in [0.15, 0.2) is 42.5 Å². The highest BCUT2D eigenvalue weighted by Crippen LogP contribution is 2.37. The van der Waals surface area contributed by atoms with Crippen molar-refractivity contribution in [1.29, 1.82) is 0 Å². The fourth-order valence-corrected chi connectivity index (χ4v) is 3.76. The van der Waals surface area contributed by atoms with E-state index in [4.69, 9.17) is 0 Å². The standard InChI is InChI=1S/C18H25N/c1-2-3-9-17-12-16-10-11-18(17)19(14-16)13-15-7-5-4-6-8-15/h4-8,10-11,16-18H,2-3,9,12-14H2,1H3. The number of hydrogen-bond acceptors (Lipinski definition) is 1. The van der Waals surface area contributed by atoms with Crippen molar-refractivity contribution in [2.75, 3.05) is 6.54 Å². The van der Waals surface area contributed by atoms with Crippen molar-refractivity contribution in [3.8, 4) is 0 Å². The zero-order valence-electron chi connectivity index (χ0n) is 12.0. The molecule has 0 amide bonds. The van der Waals surface area contributed by atoms with Crippen LogP contribution in [0.25, 0.3) is 0 Å². The summed E-state index contributed by atoms with van der Waals surface area (Å²) in [5.41, 5.74) is 1.46. The molecular formula is C18H25N. The molecule has 0 radical (unpaired) electrons. The number of rotatable bonds is 5. The summed E-state index contributed by atoms with van der Waals surface area (Å²) in [7, 11) is 0. The number of benzene rings is 1. The summed E-state index contributed by atoms with van der Waals surface area (Å²) in [4.78, 5) is 2.70. The van der Waals surface area contributed by atoms with Gasteiger partial charge in [-0.05, 0) is 30.2 Å². The highest BCUT2D eigenvalue weighted by molar-refractivity contribution is 5.17. The van der Waals surface area contributed by atoms with Crippen LogP contribution in [0.1, 0.15) is 38.2 Å². The molecule has 3 atom stereocenters. The molecule has 0 spiro atoms. The van der Waals surface area contributed by atoms with Gasteiger partial charge in [0.2, 0.25) is 0 Å². The highest BCUT2D eigenvalue weighted by Gasteiger charge is 2.36. The molecule has 2 bridgehead atoms. The van der Waals surface area contributed by atoms with Crippen LogP contribution in [-0.2, 0) is 6.54 Å². The van der Waals surface area contributed by atoms with Crippen LogP contribution in [0.2, 0.25) is 0 Å². The lowest BCUT2D eigenvalue weighted by molar-refractivity contribution is 0.0712. The van der Waals surface area contributed by atoms with E-state index in [-0.39, 0.29) is 0 Å². The molecule has 19 heavy (non-hydrogen) atoms. The molecular weight excluding hydrogens is 230 g/mol. The minimum Gasteiger partial charge on any atom is -0.292 e. The molecule has 0 aromatic heterocycles. The average Bonchev–Trinajstić information content (AvgIpc) is 2.47. The van der Waals surface area contributed by atoms with Crippen molar-refractivity contribution in [2.45, 2.75) is 45.2 Å². The third kappa shape index (κ3) is 2.92. The minimum absolute atomic E-state index is 0.691. The number of fused-ring (bicyclic) bond motifs is 2. The molecule has 1 nitrogen and oxygen atoms in total. The Hall–Kier alpha value is -1.08. The smallest absolute Gasteiger partial charge is 0.0310 e. The zero-order valence-corrected chi connectivity index (χ0v) is 12.0. The van der Waals surface area contributed by atoms with E-state index in [1.54, 1.807) is 0 Å². The van der Waals surface area contributed by atoms with Crippen LogP contribution < -0.4 is 0 Å². The molecule has 1 saturated heterocycles. The molecule has 1 fully saturated rings. The van der Waals surface area contributed by atoms with Gasteiger partial charge in [-0.2, -0.15) is 0 Å². The predicted octanol–water partition coefficient (Wildman–Crippen LogP) is 4.25. The van der Waals surface area contributed by atoms with Crippen molar-refractivity contribution < 1.29 is 0 Å². The molecule has 2 heterocycles. The van der Waals surface area contributed by atoms with E-state index in [2.05, 4.69) is 54.3 Å². The SMILES string of the molecule is CCCCC1CC2C=CC1N(Cc1ccccc1)C2. The molecule has 2 aliphatic heterocycles. The van der Waals surface area contributed by atoms with Crippen molar-refractivity contribution in [3.05, 3.63) is 48.0 Å². The van der Waals surface area contributed by atoms with Crippen LogP contribution >= 0.6 is 0 Å². The first-order chi connectivity index (χ1) is 9.36. The zero-order chi connectivity index (χ0) is 13.1. The van der Waals surface area contributed by atoms with Gasteiger partial charge in [-0.1, -0.05) is 62.2 Å². The van der Waals surface area contributed by atoms with Crippen molar-refractivity contribution >= 4 is 0 Å². The monoisotopic (exact) mass is 255 g/mol. The molecule has 102 valence electrons. The summed E-state index contributed by atoms with van der Waals surface area (Å²) in [6.07, 6.45) is 10.5. The van der Waals surface area contributed by atoms with Gasteiger partial charge in [0.25, 0.3) is 0 Å². The topological polar surface area (TPSA) is 3.24 Å². The van der Waals surface area contributed by atoms with Gasteiger partial charge < -0.3 is 0 Å². The van der Waals surface area contributed by atoms with Gasteiger partial charge in [0.05, 0.1) is 0 Å². The Morgan fingerprint density at radius 2 is 2.00 bits per heavy atom. The second-order valence-electron chi connectivity index (χ2n) is 6.19. The summed E-state index contributed by atoms with van der Waals surface area (Å²) in [6.45, 7) is 4.69. The van der Waals surface area contributed by atoms with Crippen molar-refractivity contribution in [3.63, 3.8) is 0 Å². The van der Waals surface area contributed by atoms with Crippen molar-refractivity contribution in [2.24, 2.45) is 11.8 Å². The normalized spacial score (nSPS) is 29.8. The maximum absolute atomic E-state index is 2.70. The number of unbranched alkanes of at least 4 members (excludes halogenated alkanes) is 1. The Morgan fingerprint density at radius 1 is 1.16 bits per heavy atom. The van der Waals surface area contributed by atoms with Crippen LogP contribution in [0.5, 0.6) is 0 Å². The number of piperidine rings is 1. The van der Waals surface area contributed by atoms with Gasteiger partial charge in [0.15, 0.2) is 0 Å². The van der Waals surface area contributed by atoms with Gasteiger partial charge in [-0.15, -0.1) is 0 Å². The Labute approximate surface area is 117 Å². The predicted molar refractivity (Wildman–Crippen MR) is 80.9 cm³/mol. The Morgan fingerprint density at radius 3 is 2.74 bits per heavy atom. The Bertz CT molecular complexity index is 423. The summed E-state index contributed by atoms with van der Waals surface area (Å²) in [5.74, 6) is 1.70. The fraction of sp³-hybridized carbons (Fsp3) is 0.556. The Kier molecular flexibility index (Phi) is 4.03. The van der Waals surface area contributed by atoms with Gasteiger partial charge >= 0.3 is 0 Å². The maximum Gasteiger partial charge on any atom is 0.0310 e. The van der Waals surface area contributed by atoms with E-state index in [9.17, 15) is 0 Å². The third-order valence-electron chi connectivity index (χ3n) is 4.72. The maximum atomic E-state index is 2.70. The first-order valence-corrected chi connectivity index (χ1v) is 7.83. The second-order valence-corrected chi connectivity index (χ2v) is 6.19. The molecule has 0 N–H and O–H groups in total. The van der Waals surface area contributed by atoms with E-state index in [1.807, 2.05) is 0 Å². The Balaban J connectivity index is 1.68. The summed E-state index contributed by atoms with van der Waals surface area (Å²) in [6, 6.07) is 11.6. The summed E-state index contributed by atoms with van der Waals surface area (Å²) >= 11 is 0. The van der Waals surface area contributed by atoms with E-state index in [0.29, 0.717) is 6.04 Å². The van der Waals surface area contributed by atoms with Gasteiger partial charge in [-0.3, -0.25) is 4.90 Å². The molecule has 0 saturated carbocycles. The molecule has 1 aliphatic carbocycles. The van der Waals surface area contributed by atoms with Crippen LogP contribution in [0.3, 0.4) is 0 Å². The lowest BCUT2D eigenvalue weighted by atomic mass is 9.75. The van der Waals surface area contributed by atoms with Gasteiger partial charge in [0, 0.05) is 19.1 Å². The third-order valence-corrected chi connectivity index (χ3v) is 4.72. The molecule has 1 heteroatoms. The second kappa shape index (κ2) is 5.92. The molecule has 3 aliphatic rings. The fourth-order valence-electron chi connectivity index (χ4n) is 3.76. The van der Waals surface area contributed by atoms with Gasteiger partial charge in [-0.25, -0.2) is 0 Å². The first-order valence-electron chi connectivity index (χ1n) is 7.83. The lowest BCUT2D eigenvalue weighted by Crippen LogP contribution is -2.49. The van der Waals surface area contributed by atoms with E-state index in [0.717, 1.165) is 18.4 Å². The number of nitrogens with zero attached hydrogens (tertiary/aromatic N) is 1. The average molecular weight is 255 g/mol. The van der Waals surface area contributed by atoms with E-state index in [1.165, 1.54) is 37.8 Å². The lowest BCUT2D eigenvalue weighted by Gasteiger charge is -2.46. The minimum atomic E-state index is 0.691. The largest absolute Gasteiger partial charge is 0.292 e. The first kappa shape index (κ1) is 12.9. The van der Waals surface area contributed by atoms with E-state index < -0.39 is 0 Å². The summed E-state index contributed by atoms with van der Waals surface area (Å²) in [5, 5.41) is 0. The van der Waals surface area contributed by atoms with Crippen LogP contribution in [-0.4, -0.2) is 17.5 Å². The highest BCUT2D eigenvalue weighted by atomic mass is 15.2. The molecule has 1 aromatic rings. The van der Waals surface area contributed by atoms with Crippen molar-refractivity contribution in [1.82, 2.24) is 4.90 Å². The number of hydrogen-bond donors (Lipinski definition) is 0. The summed E-state index contributed by atoms with van der Waals surface area (Å²) < 4.78 is 0.